The maximum atomic E-state index is 12.1. The molecule has 3 aromatic heterocycles. The van der Waals surface area contributed by atoms with Crippen molar-refractivity contribution in [2.75, 3.05) is 25.5 Å². The van der Waals surface area contributed by atoms with Crippen molar-refractivity contribution in [3.63, 3.8) is 0 Å². The van der Waals surface area contributed by atoms with Gasteiger partial charge in [0.2, 0.25) is 0 Å². The van der Waals surface area contributed by atoms with Gasteiger partial charge < -0.3 is 10.6 Å². The van der Waals surface area contributed by atoms with Crippen LogP contribution >= 0.6 is 11.3 Å². The second-order valence-electron chi connectivity index (χ2n) is 5.22. The second kappa shape index (κ2) is 8.81. The molecule has 0 spiro atoms. The summed E-state index contributed by atoms with van der Waals surface area (Å²) >= 11 is 1.59. The molecule has 0 saturated heterocycles. The predicted octanol–water partition coefficient (Wildman–Crippen LogP) is 2.87. The number of amides is 1. The first-order valence-corrected chi connectivity index (χ1v) is 8.88. The summed E-state index contributed by atoms with van der Waals surface area (Å²) in [5.74, 6) is 0.782. The number of thiophene rings is 1. The van der Waals surface area contributed by atoms with Crippen molar-refractivity contribution in [2.45, 2.75) is 6.42 Å². The van der Waals surface area contributed by atoms with Crippen LogP contribution in [0.25, 0.3) is 10.6 Å². The van der Waals surface area contributed by atoms with Crippen molar-refractivity contribution in [2.24, 2.45) is 10.2 Å². The van der Waals surface area contributed by atoms with Crippen LogP contribution in [-0.4, -0.2) is 46.2 Å². The zero-order valence-electron chi connectivity index (χ0n) is 14.1. The van der Waals surface area contributed by atoms with E-state index in [0.717, 1.165) is 17.0 Å². The van der Waals surface area contributed by atoms with Crippen molar-refractivity contribution in [1.29, 1.82) is 0 Å². The van der Waals surface area contributed by atoms with E-state index in [0.29, 0.717) is 30.5 Å². The second-order valence-corrected chi connectivity index (χ2v) is 6.17. The first-order valence-electron chi connectivity index (χ1n) is 8.00. The molecule has 0 atom stereocenters. The molecular weight excluding hydrogens is 352 g/mol. The van der Waals surface area contributed by atoms with E-state index in [1.54, 1.807) is 36.7 Å². The summed E-state index contributed by atoms with van der Waals surface area (Å²) in [5.41, 5.74) is 1.22. The van der Waals surface area contributed by atoms with Crippen molar-refractivity contribution >= 4 is 29.0 Å². The number of azo groups is 1. The zero-order chi connectivity index (χ0) is 18.2. The average molecular weight is 370 g/mol. The van der Waals surface area contributed by atoms with Crippen molar-refractivity contribution in [3.8, 4) is 10.6 Å². The Labute approximate surface area is 154 Å². The molecule has 26 heavy (non-hydrogen) atoms. The van der Waals surface area contributed by atoms with E-state index in [4.69, 9.17) is 0 Å². The lowest BCUT2D eigenvalue weighted by Gasteiger charge is -2.06. The van der Waals surface area contributed by atoms with Crippen LogP contribution in [0.3, 0.4) is 0 Å². The highest BCUT2D eigenvalue weighted by molar-refractivity contribution is 7.13. The lowest BCUT2D eigenvalue weighted by molar-refractivity contribution is 0.0948. The first kappa shape index (κ1) is 17.7. The predicted molar refractivity (Wildman–Crippen MR) is 99.8 cm³/mol. The first-order chi connectivity index (χ1) is 12.8. The van der Waals surface area contributed by atoms with E-state index in [1.807, 2.05) is 17.5 Å². The van der Waals surface area contributed by atoms with Crippen LogP contribution in [0, 0.1) is 0 Å². The minimum absolute atomic E-state index is 0.197. The van der Waals surface area contributed by atoms with Crippen LogP contribution in [0.15, 0.2) is 46.1 Å². The molecule has 3 aromatic rings. The van der Waals surface area contributed by atoms with Crippen molar-refractivity contribution in [3.05, 3.63) is 41.5 Å². The molecule has 134 valence electrons. The fraction of sp³-hybridized carbons (Fsp3) is 0.250. The van der Waals surface area contributed by atoms with Gasteiger partial charge in [0.05, 0.1) is 10.6 Å². The molecule has 0 bridgehead atoms. The number of anilines is 1. The number of aromatic nitrogens is 4. The molecule has 0 radical (unpaired) electrons. The summed E-state index contributed by atoms with van der Waals surface area (Å²) in [6.45, 7) is 1.18. The molecule has 9 nitrogen and oxygen atoms in total. The maximum Gasteiger partial charge on any atom is 0.271 e. The molecule has 0 aliphatic carbocycles. The van der Waals surface area contributed by atoms with Gasteiger partial charge in [-0.05, 0) is 30.0 Å². The third-order valence-electron chi connectivity index (χ3n) is 3.37. The van der Waals surface area contributed by atoms with Gasteiger partial charge in [-0.1, -0.05) is 6.07 Å². The third kappa shape index (κ3) is 4.70. The number of H-pyrrole nitrogens is 1. The Kier molecular flexibility index (Phi) is 5.99. The summed E-state index contributed by atoms with van der Waals surface area (Å²) in [6.07, 6.45) is 2.35. The van der Waals surface area contributed by atoms with Crippen molar-refractivity contribution in [1.82, 2.24) is 25.5 Å². The van der Waals surface area contributed by atoms with Crippen molar-refractivity contribution < 1.29 is 4.79 Å². The average Bonchev–Trinajstić information content (AvgIpc) is 3.33. The molecule has 0 saturated carbocycles. The zero-order valence-corrected chi connectivity index (χ0v) is 15.0. The largest absolute Gasteiger partial charge is 0.370 e. The van der Waals surface area contributed by atoms with Crippen LogP contribution in [0.2, 0.25) is 0 Å². The molecular formula is C16H18N8OS. The topological polar surface area (TPSA) is 120 Å². The number of carbonyl (C=O) groups excluding carboxylic acids is 1. The number of nitrogens with one attached hydrogen (secondary N) is 3. The van der Waals surface area contributed by atoms with Gasteiger partial charge in [0.1, 0.15) is 5.82 Å². The number of nitrogens with zero attached hydrogens (tertiary/aromatic N) is 5. The molecule has 1 amide bonds. The summed E-state index contributed by atoms with van der Waals surface area (Å²) < 4.78 is 0. The van der Waals surface area contributed by atoms with E-state index in [-0.39, 0.29) is 5.91 Å². The van der Waals surface area contributed by atoms with E-state index in [9.17, 15) is 4.79 Å². The molecule has 0 aliphatic rings. The van der Waals surface area contributed by atoms with Gasteiger partial charge in [0.15, 0.2) is 5.69 Å². The summed E-state index contributed by atoms with van der Waals surface area (Å²) in [7, 11) is 1.56. The quantitative estimate of drug-likeness (QED) is 0.416. The van der Waals surface area contributed by atoms with Gasteiger partial charge in [-0.2, -0.15) is 15.2 Å². The Hall–Kier alpha value is -3.14. The van der Waals surface area contributed by atoms with Gasteiger partial charge in [-0.15, -0.1) is 16.5 Å². The SMILES string of the molecule is CN=Nc1nccc(NCCCNC(=O)c2cc(-c3cccs3)[nH]n2)n1. The number of carbonyl (C=O) groups is 1. The highest BCUT2D eigenvalue weighted by Gasteiger charge is 2.11. The van der Waals surface area contributed by atoms with Gasteiger partial charge in [-0.3, -0.25) is 9.89 Å². The minimum Gasteiger partial charge on any atom is -0.370 e. The fourth-order valence-corrected chi connectivity index (χ4v) is 2.87. The van der Waals surface area contributed by atoms with E-state index < -0.39 is 0 Å². The number of hydrogen-bond donors (Lipinski definition) is 3. The van der Waals surface area contributed by atoms with Crippen LogP contribution < -0.4 is 10.6 Å². The Morgan fingerprint density at radius 2 is 2.27 bits per heavy atom. The monoisotopic (exact) mass is 370 g/mol. The Morgan fingerprint density at radius 1 is 1.35 bits per heavy atom. The summed E-state index contributed by atoms with van der Waals surface area (Å²) in [4.78, 5) is 21.3. The van der Waals surface area contributed by atoms with Crippen LogP contribution in [0.5, 0.6) is 0 Å². The molecule has 10 heteroatoms. The van der Waals surface area contributed by atoms with Gasteiger partial charge >= 0.3 is 0 Å². The van der Waals surface area contributed by atoms with Crippen LogP contribution in [0.4, 0.5) is 11.8 Å². The van der Waals surface area contributed by atoms with Gasteiger partial charge in [-0.25, -0.2) is 4.98 Å². The normalized spacial score (nSPS) is 11.0. The smallest absolute Gasteiger partial charge is 0.271 e. The lowest BCUT2D eigenvalue weighted by atomic mass is 10.3. The number of rotatable bonds is 8. The summed E-state index contributed by atoms with van der Waals surface area (Å²) in [6, 6.07) is 7.44. The van der Waals surface area contributed by atoms with E-state index >= 15 is 0 Å². The van der Waals surface area contributed by atoms with E-state index in [2.05, 4.69) is 41.0 Å². The molecule has 0 unspecified atom stereocenters. The third-order valence-corrected chi connectivity index (χ3v) is 4.28. The molecule has 3 N–H and O–H groups in total. The van der Waals surface area contributed by atoms with Gasteiger partial charge in [0.25, 0.3) is 11.9 Å². The van der Waals surface area contributed by atoms with Crippen LogP contribution in [-0.2, 0) is 0 Å². The fourth-order valence-electron chi connectivity index (χ4n) is 2.18. The maximum absolute atomic E-state index is 12.1. The highest BCUT2D eigenvalue weighted by Crippen LogP contribution is 2.22. The molecule has 0 fully saturated rings. The molecule has 0 aromatic carbocycles. The molecule has 3 heterocycles. The molecule has 0 aliphatic heterocycles. The van der Waals surface area contributed by atoms with Crippen LogP contribution in [0.1, 0.15) is 16.9 Å². The Morgan fingerprint density at radius 3 is 3.08 bits per heavy atom. The standard InChI is InChI=1S/C16H18N8OS/c1-17-24-16-20-8-5-14(21-16)18-6-3-7-19-15(25)12-10-11(22-23-12)13-4-2-9-26-13/h2,4-5,8-10H,3,6-7H2,1H3,(H,19,25)(H,22,23)(H,18,20,21). The highest BCUT2D eigenvalue weighted by atomic mass is 32.1. The lowest BCUT2D eigenvalue weighted by Crippen LogP contribution is -2.26. The number of aromatic amines is 1. The van der Waals surface area contributed by atoms with E-state index in [1.165, 1.54) is 0 Å². The Balaban J connectivity index is 1.41. The molecule has 3 rings (SSSR count). The number of hydrogen-bond acceptors (Lipinski definition) is 8. The Bertz CT molecular complexity index is 874. The minimum atomic E-state index is -0.197. The van der Waals surface area contributed by atoms with Gasteiger partial charge in [0, 0.05) is 26.3 Å². The summed E-state index contributed by atoms with van der Waals surface area (Å²) in [5, 5.41) is 22.4.